The van der Waals surface area contributed by atoms with Crippen LogP contribution in [0.2, 0.25) is 5.02 Å². The molecule has 0 fully saturated rings. The summed E-state index contributed by atoms with van der Waals surface area (Å²) in [5.41, 5.74) is 2.29. The summed E-state index contributed by atoms with van der Waals surface area (Å²) in [6.45, 7) is 7.10. The Labute approximate surface area is 248 Å². The molecule has 220 valence electrons. The predicted molar refractivity (Wildman–Crippen MR) is 164 cm³/mol. The fourth-order valence-corrected chi connectivity index (χ4v) is 5.36. The van der Waals surface area contributed by atoms with Crippen LogP contribution in [0.25, 0.3) is 0 Å². The van der Waals surface area contributed by atoms with Gasteiger partial charge in [-0.25, -0.2) is 8.42 Å². The summed E-state index contributed by atoms with van der Waals surface area (Å²) in [7, 11) is -2.55. The van der Waals surface area contributed by atoms with Gasteiger partial charge < -0.3 is 15.0 Å². The van der Waals surface area contributed by atoms with Crippen molar-refractivity contribution in [2.45, 2.75) is 52.2 Å². The smallest absolute Gasteiger partial charge is 0.244 e. The molecule has 3 rings (SSSR count). The Hall–Kier alpha value is -3.56. The number of anilines is 1. The largest absolute Gasteiger partial charge is 0.495 e. The Bertz CT molecular complexity index is 1460. The summed E-state index contributed by atoms with van der Waals surface area (Å²) in [5.74, 6) is -0.653. The molecule has 1 unspecified atom stereocenters. The molecule has 1 N–H and O–H groups in total. The molecule has 8 nitrogen and oxygen atoms in total. The Morgan fingerprint density at radius 1 is 0.976 bits per heavy atom. The molecular weight excluding hydrogens is 562 g/mol. The summed E-state index contributed by atoms with van der Waals surface area (Å²) >= 11 is 6.21. The maximum absolute atomic E-state index is 14.2. The van der Waals surface area contributed by atoms with Crippen molar-refractivity contribution in [3.8, 4) is 5.75 Å². The number of carbonyl (C=O) groups is 2. The fraction of sp³-hybridized carbons (Fsp3) is 0.355. The molecule has 0 bridgehead atoms. The molecule has 0 heterocycles. The maximum atomic E-state index is 14.2. The lowest BCUT2D eigenvalue weighted by molar-refractivity contribution is -0.140. The first-order valence-electron chi connectivity index (χ1n) is 13.2. The Morgan fingerprint density at radius 3 is 2.17 bits per heavy atom. The predicted octanol–water partition coefficient (Wildman–Crippen LogP) is 4.98. The third-order valence-corrected chi connectivity index (χ3v) is 7.69. The molecule has 3 aromatic rings. The number of halogens is 1. The van der Waals surface area contributed by atoms with Crippen LogP contribution in [0.4, 0.5) is 5.69 Å². The van der Waals surface area contributed by atoms with E-state index in [4.69, 9.17) is 16.3 Å². The van der Waals surface area contributed by atoms with Crippen LogP contribution in [0.3, 0.4) is 0 Å². The number of carbonyl (C=O) groups excluding carboxylic acids is 2. The molecule has 0 saturated heterocycles. The van der Waals surface area contributed by atoms with Gasteiger partial charge in [-0.1, -0.05) is 71.8 Å². The average Bonchev–Trinajstić information content (AvgIpc) is 2.89. The molecule has 2 amide bonds. The second kappa shape index (κ2) is 13.4. The van der Waals surface area contributed by atoms with Gasteiger partial charge in [0.05, 0.1) is 19.1 Å². The zero-order chi connectivity index (χ0) is 30.4. The van der Waals surface area contributed by atoms with Crippen LogP contribution < -0.4 is 14.4 Å². The van der Waals surface area contributed by atoms with Gasteiger partial charge in [-0.2, -0.15) is 0 Å². The van der Waals surface area contributed by atoms with Crippen molar-refractivity contribution in [3.05, 3.63) is 94.5 Å². The minimum Gasteiger partial charge on any atom is -0.495 e. The zero-order valence-corrected chi connectivity index (χ0v) is 25.9. The minimum atomic E-state index is -3.96. The molecule has 0 aromatic heterocycles. The molecule has 3 aromatic carbocycles. The van der Waals surface area contributed by atoms with Gasteiger partial charge in [0.2, 0.25) is 21.8 Å². The van der Waals surface area contributed by atoms with Gasteiger partial charge in [0.15, 0.2) is 0 Å². The Balaban J connectivity index is 2.11. The van der Waals surface area contributed by atoms with Gasteiger partial charge in [0.1, 0.15) is 18.3 Å². The highest BCUT2D eigenvalue weighted by Gasteiger charge is 2.35. The standard InChI is InChI=1S/C31H38ClN3O5S/c1-22-12-14-24(15-13-22)20-34(27(30(37)33-31(2,3)4)18-23-10-8-7-9-11-23)29(36)21-35(41(6,38)39)26-19-25(32)16-17-28(26)40-5/h7-17,19,27H,18,20-21H2,1-6H3,(H,33,37). The molecule has 41 heavy (non-hydrogen) atoms. The van der Waals surface area contributed by atoms with Crippen molar-refractivity contribution in [1.82, 2.24) is 10.2 Å². The monoisotopic (exact) mass is 599 g/mol. The second-order valence-corrected chi connectivity index (χ2v) is 13.4. The van der Waals surface area contributed by atoms with E-state index in [1.165, 1.54) is 18.1 Å². The van der Waals surface area contributed by atoms with Gasteiger partial charge in [-0.05, 0) is 57.0 Å². The lowest BCUT2D eigenvalue weighted by atomic mass is 10.0. The van der Waals surface area contributed by atoms with E-state index >= 15 is 0 Å². The number of ether oxygens (including phenoxy) is 1. The third kappa shape index (κ3) is 9.23. The van der Waals surface area contributed by atoms with Crippen molar-refractivity contribution in [2.24, 2.45) is 0 Å². The summed E-state index contributed by atoms with van der Waals surface area (Å²) in [6, 6.07) is 20.7. The minimum absolute atomic E-state index is 0.0957. The van der Waals surface area contributed by atoms with Crippen LogP contribution >= 0.6 is 11.6 Å². The number of benzene rings is 3. The Morgan fingerprint density at radius 2 is 1.61 bits per heavy atom. The third-order valence-electron chi connectivity index (χ3n) is 6.33. The molecular formula is C31H38ClN3O5S. The molecule has 0 aliphatic rings. The SMILES string of the molecule is COc1ccc(Cl)cc1N(CC(=O)N(Cc1ccc(C)cc1)C(Cc1ccccc1)C(=O)NC(C)(C)C)S(C)(=O)=O. The number of nitrogens with zero attached hydrogens (tertiary/aromatic N) is 2. The lowest BCUT2D eigenvalue weighted by Gasteiger charge is -2.35. The highest BCUT2D eigenvalue weighted by atomic mass is 35.5. The number of methoxy groups -OCH3 is 1. The molecule has 0 radical (unpaired) electrons. The van der Waals surface area contributed by atoms with E-state index in [9.17, 15) is 18.0 Å². The molecule has 10 heteroatoms. The summed E-state index contributed by atoms with van der Waals surface area (Å²) in [5, 5.41) is 3.29. The first-order chi connectivity index (χ1) is 19.2. The lowest BCUT2D eigenvalue weighted by Crippen LogP contribution is -2.56. The zero-order valence-electron chi connectivity index (χ0n) is 24.3. The molecule has 0 spiro atoms. The Kier molecular flexibility index (Phi) is 10.4. The van der Waals surface area contributed by atoms with Gasteiger partial charge in [0, 0.05) is 23.5 Å². The highest BCUT2D eigenvalue weighted by molar-refractivity contribution is 7.92. The maximum Gasteiger partial charge on any atom is 0.244 e. The number of aryl methyl sites for hydroxylation is 1. The number of amides is 2. The van der Waals surface area contributed by atoms with Crippen molar-refractivity contribution < 1.29 is 22.7 Å². The van der Waals surface area contributed by atoms with Gasteiger partial charge in [0.25, 0.3) is 0 Å². The van der Waals surface area contributed by atoms with E-state index in [1.807, 2.05) is 82.3 Å². The van der Waals surface area contributed by atoms with Crippen LogP contribution in [0.1, 0.15) is 37.5 Å². The average molecular weight is 600 g/mol. The van der Waals surface area contributed by atoms with Crippen molar-refractivity contribution in [1.29, 1.82) is 0 Å². The number of hydrogen-bond acceptors (Lipinski definition) is 5. The van der Waals surface area contributed by atoms with Crippen LogP contribution in [-0.2, 0) is 32.6 Å². The van der Waals surface area contributed by atoms with Crippen LogP contribution in [0.15, 0.2) is 72.8 Å². The van der Waals surface area contributed by atoms with Crippen molar-refractivity contribution in [3.63, 3.8) is 0 Å². The normalized spacial score (nSPS) is 12.4. The summed E-state index contributed by atoms with van der Waals surface area (Å²) < 4.78 is 32.4. The van der Waals surface area contributed by atoms with Gasteiger partial charge in [-0.3, -0.25) is 13.9 Å². The topological polar surface area (TPSA) is 96.0 Å². The fourth-order valence-electron chi connectivity index (χ4n) is 4.35. The molecule has 0 aliphatic carbocycles. The van der Waals surface area contributed by atoms with Crippen LogP contribution in [0.5, 0.6) is 5.75 Å². The van der Waals surface area contributed by atoms with E-state index in [0.29, 0.717) is 0 Å². The first-order valence-corrected chi connectivity index (χ1v) is 15.4. The quantitative estimate of drug-likeness (QED) is 0.335. The number of nitrogens with one attached hydrogen (secondary N) is 1. The number of sulfonamides is 1. The van der Waals surface area contributed by atoms with Gasteiger partial charge in [-0.15, -0.1) is 0 Å². The first kappa shape index (κ1) is 32.0. The number of rotatable bonds is 11. The summed E-state index contributed by atoms with van der Waals surface area (Å²) in [6.07, 6.45) is 1.25. The second-order valence-electron chi connectivity index (χ2n) is 11.0. The van der Waals surface area contributed by atoms with Gasteiger partial charge >= 0.3 is 0 Å². The van der Waals surface area contributed by atoms with E-state index in [0.717, 1.165) is 27.3 Å². The van der Waals surface area contributed by atoms with Crippen LogP contribution in [0, 0.1) is 6.92 Å². The molecule has 0 saturated carbocycles. The van der Waals surface area contributed by atoms with E-state index in [-0.39, 0.29) is 35.3 Å². The van der Waals surface area contributed by atoms with Crippen LogP contribution in [-0.4, -0.2) is 56.6 Å². The highest BCUT2D eigenvalue weighted by Crippen LogP contribution is 2.33. The number of hydrogen-bond donors (Lipinski definition) is 1. The van der Waals surface area contributed by atoms with E-state index < -0.39 is 34.1 Å². The van der Waals surface area contributed by atoms with E-state index in [2.05, 4.69) is 5.32 Å². The van der Waals surface area contributed by atoms with Crippen molar-refractivity contribution in [2.75, 3.05) is 24.2 Å². The molecule has 1 atom stereocenters. The van der Waals surface area contributed by atoms with E-state index in [1.54, 1.807) is 12.1 Å². The van der Waals surface area contributed by atoms with Crippen molar-refractivity contribution >= 4 is 39.1 Å². The molecule has 0 aliphatic heterocycles. The summed E-state index contributed by atoms with van der Waals surface area (Å²) in [4.78, 5) is 29.4.